The van der Waals surface area contributed by atoms with E-state index in [1.807, 2.05) is 4.90 Å². The molecular formula is C8H18N2+2. The molecule has 2 rings (SSSR count). The molecule has 2 aliphatic heterocycles. The maximum Gasteiger partial charge on any atom is 0.137 e. The van der Waals surface area contributed by atoms with Crippen LogP contribution in [-0.2, 0) is 0 Å². The molecule has 58 valence electrons. The number of hydrogen-bond acceptors (Lipinski definition) is 0. The van der Waals surface area contributed by atoms with E-state index in [9.17, 15) is 0 Å². The summed E-state index contributed by atoms with van der Waals surface area (Å²) >= 11 is 0. The standard InChI is InChI=1S/C8H16N2/c1-2-5-10-6-4-9-7-8(10)3-1/h8-9H,1-7H2/p+2/t8-/m0/s1. The second-order valence-electron chi connectivity index (χ2n) is 3.66. The van der Waals surface area contributed by atoms with Crippen LogP contribution in [-0.4, -0.2) is 32.2 Å². The Balaban J connectivity index is 1.93. The van der Waals surface area contributed by atoms with Crippen molar-refractivity contribution in [2.45, 2.75) is 25.3 Å². The first-order valence-corrected chi connectivity index (χ1v) is 4.63. The maximum absolute atomic E-state index is 2.49. The van der Waals surface area contributed by atoms with Gasteiger partial charge < -0.3 is 10.2 Å². The average Bonchev–Trinajstić information content (AvgIpc) is 2.05. The van der Waals surface area contributed by atoms with E-state index in [-0.39, 0.29) is 0 Å². The third kappa shape index (κ3) is 1.18. The zero-order valence-electron chi connectivity index (χ0n) is 6.60. The molecule has 2 nitrogen and oxygen atoms in total. The summed E-state index contributed by atoms with van der Waals surface area (Å²) in [7, 11) is 0. The molecule has 0 aromatic carbocycles. The smallest absolute Gasteiger partial charge is 0.137 e. The highest BCUT2D eigenvalue weighted by molar-refractivity contribution is 4.60. The van der Waals surface area contributed by atoms with Gasteiger partial charge in [-0.1, -0.05) is 0 Å². The monoisotopic (exact) mass is 142 g/mol. The second kappa shape index (κ2) is 2.89. The molecule has 2 aliphatic rings. The van der Waals surface area contributed by atoms with E-state index in [0.29, 0.717) is 0 Å². The van der Waals surface area contributed by atoms with Crippen LogP contribution < -0.4 is 10.2 Å². The fourth-order valence-electron chi connectivity index (χ4n) is 2.37. The average molecular weight is 142 g/mol. The number of piperidine rings is 1. The highest BCUT2D eigenvalue weighted by Crippen LogP contribution is 2.01. The van der Waals surface area contributed by atoms with Crippen LogP contribution in [0, 0.1) is 0 Å². The van der Waals surface area contributed by atoms with Gasteiger partial charge in [0.15, 0.2) is 0 Å². The minimum Gasteiger partial charge on any atom is -0.337 e. The van der Waals surface area contributed by atoms with E-state index in [1.54, 1.807) is 0 Å². The molecule has 0 bridgehead atoms. The Morgan fingerprint density at radius 3 is 3.10 bits per heavy atom. The number of hydrogen-bond donors (Lipinski definition) is 2. The van der Waals surface area contributed by atoms with Gasteiger partial charge in [0, 0.05) is 6.42 Å². The molecule has 1 unspecified atom stereocenters. The molecule has 0 aromatic rings. The summed E-state index contributed by atoms with van der Waals surface area (Å²) in [5, 5.41) is 2.49. The minimum absolute atomic E-state index is 1.02. The second-order valence-corrected chi connectivity index (χ2v) is 3.66. The van der Waals surface area contributed by atoms with Crippen molar-refractivity contribution in [3.63, 3.8) is 0 Å². The molecule has 2 heteroatoms. The van der Waals surface area contributed by atoms with Gasteiger partial charge >= 0.3 is 0 Å². The van der Waals surface area contributed by atoms with Gasteiger partial charge in [-0.05, 0) is 12.8 Å². The normalized spacial score (nSPS) is 40.8. The Morgan fingerprint density at radius 2 is 2.20 bits per heavy atom. The van der Waals surface area contributed by atoms with Crippen molar-refractivity contribution in [1.82, 2.24) is 0 Å². The van der Waals surface area contributed by atoms with Gasteiger partial charge in [-0.3, -0.25) is 0 Å². The Labute approximate surface area is 62.6 Å². The molecule has 0 aromatic heterocycles. The van der Waals surface area contributed by atoms with Crippen LogP contribution in [0.25, 0.3) is 0 Å². The van der Waals surface area contributed by atoms with Gasteiger partial charge in [-0.25, -0.2) is 0 Å². The number of quaternary nitrogens is 2. The Bertz CT molecular complexity index is 87.8. The summed E-state index contributed by atoms with van der Waals surface area (Å²) in [6, 6.07) is 1.02. The molecule has 0 spiro atoms. The van der Waals surface area contributed by atoms with E-state index < -0.39 is 0 Å². The lowest BCUT2D eigenvalue weighted by atomic mass is 10.0. The third-order valence-corrected chi connectivity index (χ3v) is 3.00. The number of piperazine rings is 1. The van der Waals surface area contributed by atoms with E-state index >= 15 is 0 Å². The van der Waals surface area contributed by atoms with E-state index in [4.69, 9.17) is 0 Å². The van der Waals surface area contributed by atoms with Gasteiger partial charge in [-0.2, -0.15) is 0 Å². The van der Waals surface area contributed by atoms with Gasteiger partial charge in [0.2, 0.25) is 0 Å². The van der Waals surface area contributed by atoms with Crippen molar-refractivity contribution in [1.29, 1.82) is 0 Å². The summed E-state index contributed by atoms with van der Waals surface area (Å²) in [5.41, 5.74) is 0. The Kier molecular flexibility index (Phi) is 1.91. The van der Waals surface area contributed by atoms with Crippen LogP contribution in [0.2, 0.25) is 0 Å². The molecular weight excluding hydrogens is 124 g/mol. The molecule has 0 saturated carbocycles. The summed E-state index contributed by atoms with van der Waals surface area (Å²) in [6.45, 7) is 5.64. The summed E-state index contributed by atoms with van der Waals surface area (Å²) in [5.74, 6) is 0. The highest BCUT2D eigenvalue weighted by Gasteiger charge is 2.30. The lowest BCUT2D eigenvalue weighted by Crippen LogP contribution is -3.24. The largest absolute Gasteiger partial charge is 0.337 e. The number of nitrogens with one attached hydrogen (secondary N) is 1. The molecule has 0 aliphatic carbocycles. The van der Waals surface area contributed by atoms with Gasteiger partial charge in [0.05, 0.1) is 6.54 Å². The van der Waals surface area contributed by atoms with Crippen molar-refractivity contribution >= 4 is 0 Å². The molecule has 2 heterocycles. The molecule has 10 heavy (non-hydrogen) atoms. The van der Waals surface area contributed by atoms with E-state index in [2.05, 4.69) is 5.32 Å². The van der Waals surface area contributed by atoms with Crippen molar-refractivity contribution in [3.8, 4) is 0 Å². The zero-order valence-corrected chi connectivity index (χ0v) is 6.60. The molecule has 2 fully saturated rings. The molecule has 2 saturated heterocycles. The van der Waals surface area contributed by atoms with Crippen LogP contribution in [0.5, 0.6) is 0 Å². The van der Waals surface area contributed by atoms with E-state index in [1.165, 1.54) is 45.4 Å². The van der Waals surface area contributed by atoms with Gasteiger partial charge in [-0.15, -0.1) is 0 Å². The highest BCUT2D eigenvalue weighted by atomic mass is 15.2. The topological polar surface area (TPSA) is 21.1 Å². The van der Waals surface area contributed by atoms with Crippen LogP contribution in [0.4, 0.5) is 0 Å². The summed E-state index contributed by atoms with van der Waals surface area (Å²) in [6.07, 6.45) is 4.46. The first kappa shape index (κ1) is 6.62. The fraction of sp³-hybridized carbons (Fsp3) is 1.00. The van der Waals surface area contributed by atoms with Crippen LogP contribution in [0.3, 0.4) is 0 Å². The minimum atomic E-state index is 1.02. The first-order valence-electron chi connectivity index (χ1n) is 4.63. The fourth-order valence-corrected chi connectivity index (χ4v) is 2.37. The predicted octanol–water partition coefficient (Wildman–Crippen LogP) is -2.00. The van der Waals surface area contributed by atoms with Crippen molar-refractivity contribution in [2.24, 2.45) is 0 Å². The molecule has 0 radical (unpaired) electrons. The Hall–Kier alpha value is -0.0800. The van der Waals surface area contributed by atoms with Gasteiger partial charge in [0.25, 0.3) is 0 Å². The predicted molar refractivity (Wildman–Crippen MR) is 40.0 cm³/mol. The van der Waals surface area contributed by atoms with Crippen molar-refractivity contribution in [3.05, 3.63) is 0 Å². The Morgan fingerprint density at radius 1 is 1.20 bits per heavy atom. The van der Waals surface area contributed by atoms with Crippen LogP contribution in [0.1, 0.15) is 19.3 Å². The number of rotatable bonds is 0. The van der Waals surface area contributed by atoms with Crippen LogP contribution in [0.15, 0.2) is 0 Å². The quantitative estimate of drug-likeness (QED) is 0.390. The van der Waals surface area contributed by atoms with E-state index in [0.717, 1.165) is 6.04 Å². The first-order chi connectivity index (χ1) is 4.97. The lowest BCUT2D eigenvalue weighted by Gasteiger charge is -2.34. The maximum atomic E-state index is 2.49. The molecule has 3 N–H and O–H groups in total. The van der Waals surface area contributed by atoms with Gasteiger partial charge in [0.1, 0.15) is 25.7 Å². The molecule has 0 amide bonds. The number of fused-ring (bicyclic) bond motifs is 1. The summed E-state index contributed by atoms with van der Waals surface area (Å²) in [4.78, 5) is 1.90. The number of nitrogens with two attached hydrogens (primary N) is 1. The van der Waals surface area contributed by atoms with Crippen molar-refractivity contribution in [2.75, 3.05) is 26.2 Å². The van der Waals surface area contributed by atoms with Crippen LogP contribution >= 0.6 is 0 Å². The SMILES string of the molecule is C1CC[NH+]2CC[NH2+]C[C@@H]2C1. The lowest BCUT2D eigenvalue weighted by molar-refractivity contribution is -0.975. The third-order valence-electron chi connectivity index (χ3n) is 3.00. The zero-order chi connectivity index (χ0) is 6.81. The summed E-state index contributed by atoms with van der Waals surface area (Å²) < 4.78 is 0. The van der Waals surface area contributed by atoms with Crippen molar-refractivity contribution < 1.29 is 10.2 Å². The molecule has 2 atom stereocenters.